The van der Waals surface area contributed by atoms with Gasteiger partial charge in [0.05, 0.1) is 0 Å². The minimum absolute atomic E-state index is 0.0202. The van der Waals surface area contributed by atoms with Crippen molar-refractivity contribution in [3.05, 3.63) is 34.4 Å². The number of piperidine rings is 1. The van der Waals surface area contributed by atoms with Crippen LogP contribution in [0.5, 0.6) is 0 Å². The zero-order chi connectivity index (χ0) is 19.1. The number of carbonyl (C=O) groups excluding carboxylic acids is 3. The summed E-state index contributed by atoms with van der Waals surface area (Å²) in [7, 11) is 0. The van der Waals surface area contributed by atoms with E-state index in [2.05, 4.69) is 11.8 Å². The molecule has 1 aliphatic carbocycles. The second-order valence-corrected chi connectivity index (χ2v) is 7.63. The summed E-state index contributed by atoms with van der Waals surface area (Å²) in [5.74, 6) is 5.37. The summed E-state index contributed by atoms with van der Waals surface area (Å²) in [4.78, 5) is 39.5. The molecule has 2 fully saturated rings. The van der Waals surface area contributed by atoms with Crippen LogP contribution in [-0.2, 0) is 14.4 Å². The van der Waals surface area contributed by atoms with Crippen molar-refractivity contribution in [1.82, 2.24) is 4.90 Å². The first-order valence-corrected chi connectivity index (χ1v) is 9.15. The first kappa shape index (κ1) is 18.4. The number of nitrogens with zero attached hydrogens (tertiary/aromatic N) is 1. The van der Waals surface area contributed by atoms with Crippen LogP contribution in [0.15, 0.2) is 12.1 Å². The Hall–Kier alpha value is -2.41. The number of ketones is 2. The van der Waals surface area contributed by atoms with Crippen LogP contribution >= 0.6 is 0 Å². The van der Waals surface area contributed by atoms with Gasteiger partial charge in [-0.2, -0.15) is 0 Å². The fourth-order valence-electron chi connectivity index (χ4n) is 4.59. The van der Waals surface area contributed by atoms with Gasteiger partial charge in [0.15, 0.2) is 5.78 Å². The SMILES string of the molecule is CC#Cc1cc(C)c(C2C(=O)CC3(CCN(C(C)=O)CC3)C2=O)c(C)c1. The quantitative estimate of drug-likeness (QED) is 0.577. The number of likely N-dealkylation sites (tertiary alicyclic amines) is 1. The van der Waals surface area contributed by atoms with Gasteiger partial charge >= 0.3 is 0 Å². The van der Waals surface area contributed by atoms with E-state index in [1.807, 2.05) is 26.0 Å². The maximum Gasteiger partial charge on any atom is 0.219 e. The van der Waals surface area contributed by atoms with Crippen molar-refractivity contribution in [1.29, 1.82) is 0 Å². The van der Waals surface area contributed by atoms with Crippen LogP contribution in [0.4, 0.5) is 0 Å². The minimum Gasteiger partial charge on any atom is -0.343 e. The number of Topliss-reactive ketones (excluding diaryl/α,β-unsaturated/α-hetero) is 2. The van der Waals surface area contributed by atoms with E-state index < -0.39 is 11.3 Å². The highest BCUT2D eigenvalue weighted by atomic mass is 16.2. The Kier molecular flexibility index (Phi) is 4.75. The second kappa shape index (κ2) is 6.72. The molecule has 0 bridgehead atoms. The number of benzene rings is 1. The normalized spacial score (nSPS) is 21.7. The highest BCUT2D eigenvalue weighted by Gasteiger charge is 2.54. The molecule has 136 valence electrons. The molecule has 1 unspecified atom stereocenters. The molecule has 1 aromatic carbocycles. The van der Waals surface area contributed by atoms with Crippen molar-refractivity contribution in [3.63, 3.8) is 0 Å². The van der Waals surface area contributed by atoms with Crippen LogP contribution in [-0.4, -0.2) is 35.5 Å². The molecular weight excluding hydrogens is 326 g/mol. The van der Waals surface area contributed by atoms with Crippen LogP contribution in [0.2, 0.25) is 0 Å². The van der Waals surface area contributed by atoms with Gasteiger partial charge in [0.25, 0.3) is 0 Å². The molecule has 0 aromatic heterocycles. The average molecular weight is 351 g/mol. The van der Waals surface area contributed by atoms with Gasteiger partial charge in [0, 0.05) is 37.4 Å². The van der Waals surface area contributed by atoms with E-state index in [1.165, 1.54) is 0 Å². The van der Waals surface area contributed by atoms with Gasteiger partial charge in [0.2, 0.25) is 5.91 Å². The van der Waals surface area contributed by atoms with E-state index >= 15 is 0 Å². The van der Waals surface area contributed by atoms with Crippen molar-refractivity contribution in [3.8, 4) is 11.8 Å². The Morgan fingerprint density at radius 2 is 1.73 bits per heavy atom. The Balaban J connectivity index is 1.93. The molecule has 2 aliphatic rings. The van der Waals surface area contributed by atoms with Gasteiger partial charge in [-0.3, -0.25) is 14.4 Å². The second-order valence-electron chi connectivity index (χ2n) is 7.63. The monoisotopic (exact) mass is 351 g/mol. The van der Waals surface area contributed by atoms with E-state index in [0.717, 1.165) is 22.3 Å². The third-order valence-electron chi connectivity index (χ3n) is 5.94. The molecule has 1 heterocycles. The molecule has 4 nitrogen and oxygen atoms in total. The third-order valence-corrected chi connectivity index (χ3v) is 5.94. The lowest BCUT2D eigenvalue weighted by atomic mass is 9.74. The molecule has 1 aliphatic heterocycles. The number of hydrogen-bond acceptors (Lipinski definition) is 3. The highest BCUT2D eigenvalue weighted by molar-refractivity contribution is 6.17. The molecule has 1 aromatic rings. The zero-order valence-electron chi connectivity index (χ0n) is 15.9. The fraction of sp³-hybridized carbons (Fsp3) is 0.500. The molecule has 4 heteroatoms. The Labute approximate surface area is 155 Å². The maximum absolute atomic E-state index is 13.3. The molecule has 3 rings (SSSR count). The number of aryl methyl sites for hydroxylation is 2. The molecule has 1 amide bonds. The first-order chi connectivity index (χ1) is 12.3. The molecular formula is C22H25NO3. The molecule has 0 N–H and O–H groups in total. The van der Waals surface area contributed by atoms with E-state index in [4.69, 9.17) is 0 Å². The van der Waals surface area contributed by atoms with Crippen LogP contribution in [0.1, 0.15) is 61.3 Å². The highest BCUT2D eigenvalue weighted by Crippen LogP contribution is 2.48. The standard InChI is InChI=1S/C22H25NO3/c1-5-6-17-11-14(2)19(15(3)12-17)20-18(25)13-22(21(20)26)7-9-23(10-8-22)16(4)24/h11-12,20H,7-10,13H2,1-4H3. The summed E-state index contributed by atoms with van der Waals surface area (Å²) in [6.45, 7) is 8.37. The van der Waals surface area contributed by atoms with Crippen LogP contribution in [0.25, 0.3) is 0 Å². The van der Waals surface area contributed by atoms with Gasteiger partial charge in [-0.15, -0.1) is 5.92 Å². The summed E-state index contributed by atoms with van der Waals surface area (Å²) in [5.41, 5.74) is 3.08. The van der Waals surface area contributed by atoms with E-state index in [0.29, 0.717) is 32.4 Å². The topological polar surface area (TPSA) is 54.5 Å². The van der Waals surface area contributed by atoms with Crippen molar-refractivity contribution < 1.29 is 14.4 Å². The fourth-order valence-corrected chi connectivity index (χ4v) is 4.59. The zero-order valence-corrected chi connectivity index (χ0v) is 15.9. The molecule has 0 radical (unpaired) electrons. The van der Waals surface area contributed by atoms with E-state index in [1.54, 1.807) is 18.7 Å². The lowest BCUT2D eigenvalue weighted by molar-refractivity contribution is -0.136. The number of amides is 1. The molecule has 26 heavy (non-hydrogen) atoms. The predicted molar refractivity (Wildman–Crippen MR) is 99.8 cm³/mol. The minimum atomic E-state index is -0.664. The smallest absolute Gasteiger partial charge is 0.219 e. The number of hydrogen-bond donors (Lipinski definition) is 0. The molecule has 1 saturated heterocycles. The van der Waals surface area contributed by atoms with Gasteiger partial charge in [-0.05, 0) is 62.4 Å². The van der Waals surface area contributed by atoms with Gasteiger partial charge in [0.1, 0.15) is 11.7 Å². The summed E-state index contributed by atoms with van der Waals surface area (Å²) >= 11 is 0. The first-order valence-electron chi connectivity index (χ1n) is 9.15. The number of rotatable bonds is 1. The van der Waals surface area contributed by atoms with Crippen LogP contribution in [0.3, 0.4) is 0 Å². The van der Waals surface area contributed by atoms with Gasteiger partial charge in [-0.1, -0.05) is 5.92 Å². The molecule has 1 spiro atoms. The average Bonchev–Trinajstić information content (AvgIpc) is 2.79. The Morgan fingerprint density at radius 1 is 1.15 bits per heavy atom. The largest absolute Gasteiger partial charge is 0.343 e. The lowest BCUT2D eigenvalue weighted by Crippen LogP contribution is -2.44. The van der Waals surface area contributed by atoms with Crippen molar-refractivity contribution in [2.45, 2.75) is 52.9 Å². The van der Waals surface area contributed by atoms with Gasteiger partial charge < -0.3 is 4.90 Å². The van der Waals surface area contributed by atoms with E-state index in [9.17, 15) is 14.4 Å². The predicted octanol–water partition coefficient (Wildman–Crippen LogP) is 2.93. The third kappa shape index (κ3) is 2.96. The van der Waals surface area contributed by atoms with Crippen LogP contribution < -0.4 is 0 Å². The molecule has 1 atom stereocenters. The Morgan fingerprint density at radius 3 is 2.23 bits per heavy atom. The lowest BCUT2D eigenvalue weighted by Gasteiger charge is -2.37. The summed E-state index contributed by atoms with van der Waals surface area (Å²) in [6, 6.07) is 3.92. The maximum atomic E-state index is 13.3. The summed E-state index contributed by atoms with van der Waals surface area (Å²) < 4.78 is 0. The van der Waals surface area contributed by atoms with Crippen molar-refractivity contribution in [2.24, 2.45) is 5.41 Å². The van der Waals surface area contributed by atoms with Crippen molar-refractivity contribution in [2.75, 3.05) is 13.1 Å². The summed E-state index contributed by atoms with van der Waals surface area (Å²) in [5, 5.41) is 0. The van der Waals surface area contributed by atoms with Crippen molar-refractivity contribution >= 4 is 17.5 Å². The Bertz CT molecular complexity index is 825. The van der Waals surface area contributed by atoms with E-state index in [-0.39, 0.29) is 17.5 Å². The van der Waals surface area contributed by atoms with Gasteiger partial charge in [-0.25, -0.2) is 0 Å². The number of carbonyl (C=O) groups is 3. The molecule has 1 saturated carbocycles. The summed E-state index contributed by atoms with van der Waals surface area (Å²) in [6.07, 6.45) is 1.48. The van der Waals surface area contributed by atoms with Crippen LogP contribution in [0, 0.1) is 31.1 Å².